The van der Waals surface area contributed by atoms with E-state index in [-0.39, 0.29) is 5.75 Å². The Bertz CT molecular complexity index is 889. The van der Waals surface area contributed by atoms with Gasteiger partial charge in [-0.05, 0) is 61.3 Å². The lowest BCUT2D eigenvalue weighted by atomic mass is 10.2. The van der Waals surface area contributed by atoms with Gasteiger partial charge in [-0.15, -0.1) is 0 Å². The molecule has 0 fully saturated rings. The first-order valence-electron chi connectivity index (χ1n) is 7.64. The van der Waals surface area contributed by atoms with Gasteiger partial charge >= 0.3 is 0 Å². The van der Waals surface area contributed by atoms with Crippen LogP contribution in [0, 0.1) is 0 Å². The molecule has 3 aromatic carbocycles. The number of phenols is 1. The smallest absolute Gasteiger partial charge is 0.141 e. The minimum atomic E-state index is 0.0714. The summed E-state index contributed by atoms with van der Waals surface area (Å²) >= 11 is 0. The van der Waals surface area contributed by atoms with Crippen molar-refractivity contribution in [3.8, 4) is 5.75 Å². The van der Waals surface area contributed by atoms with Gasteiger partial charge in [0.25, 0.3) is 0 Å². The van der Waals surface area contributed by atoms with Crippen molar-refractivity contribution in [2.75, 3.05) is 22.1 Å². The Hall–Kier alpha value is -3.67. The molecule has 0 saturated heterocycles. The maximum Gasteiger partial charge on any atom is 0.141 e. The quantitative estimate of drug-likeness (QED) is 0.206. The van der Waals surface area contributed by atoms with Gasteiger partial charge in [-0.25, -0.2) is 0 Å². The van der Waals surface area contributed by atoms with Crippen LogP contribution in [0.4, 0.5) is 39.8 Å². The molecule has 0 radical (unpaired) electrons. The second kappa shape index (κ2) is 6.84. The molecular weight excluding hydrogens is 314 g/mol. The summed E-state index contributed by atoms with van der Waals surface area (Å²) in [6.45, 7) is 3.56. The summed E-state index contributed by atoms with van der Waals surface area (Å²) in [4.78, 5) is 3.96. The molecule has 0 spiro atoms. The Morgan fingerprint density at radius 3 is 1.72 bits per heavy atom. The van der Waals surface area contributed by atoms with Gasteiger partial charge in [-0.1, -0.05) is 0 Å². The number of nitrogens with two attached hydrogens (primary N) is 2. The summed E-state index contributed by atoms with van der Waals surface area (Å²) < 4.78 is 0. The molecule has 3 rings (SSSR count). The highest BCUT2D eigenvalue weighted by Crippen LogP contribution is 2.38. The first-order chi connectivity index (χ1) is 12.0. The van der Waals surface area contributed by atoms with E-state index in [1.807, 2.05) is 24.3 Å². The molecule has 0 saturated carbocycles. The van der Waals surface area contributed by atoms with Crippen LogP contribution >= 0.6 is 0 Å². The van der Waals surface area contributed by atoms with Crippen molar-refractivity contribution in [2.24, 2.45) is 4.99 Å². The molecular formula is C19H19N5O. The molecule has 25 heavy (non-hydrogen) atoms. The Morgan fingerprint density at radius 1 is 0.760 bits per heavy atom. The van der Waals surface area contributed by atoms with Crippen molar-refractivity contribution in [1.82, 2.24) is 0 Å². The zero-order chi connectivity index (χ0) is 17.8. The van der Waals surface area contributed by atoms with Crippen LogP contribution < -0.4 is 22.1 Å². The highest BCUT2D eigenvalue weighted by Gasteiger charge is 2.09. The third kappa shape index (κ3) is 3.81. The van der Waals surface area contributed by atoms with Crippen LogP contribution in [0.5, 0.6) is 5.75 Å². The van der Waals surface area contributed by atoms with Crippen LogP contribution in [-0.2, 0) is 0 Å². The molecule has 6 heteroatoms. The molecule has 0 bridgehead atoms. The molecule has 0 aliphatic heterocycles. The molecule has 0 unspecified atom stereocenters. The number of nitrogens with zero attached hydrogens (tertiary/aromatic N) is 1. The molecule has 3 aromatic rings. The fourth-order valence-electron chi connectivity index (χ4n) is 2.35. The van der Waals surface area contributed by atoms with Crippen molar-refractivity contribution in [1.29, 1.82) is 0 Å². The first-order valence-corrected chi connectivity index (χ1v) is 7.64. The summed E-state index contributed by atoms with van der Waals surface area (Å²) in [5.41, 5.74) is 16.2. The van der Waals surface area contributed by atoms with E-state index in [0.717, 1.165) is 11.4 Å². The van der Waals surface area contributed by atoms with Crippen LogP contribution in [0.2, 0.25) is 0 Å². The monoisotopic (exact) mass is 333 g/mol. The summed E-state index contributed by atoms with van der Waals surface area (Å²) in [5, 5.41) is 16.7. The number of aliphatic imine (C=N–C) groups is 1. The number of nitrogens with one attached hydrogen (secondary N) is 2. The number of nitrogen functional groups attached to an aromatic ring is 2. The average Bonchev–Trinajstić information content (AvgIpc) is 2.61. The van der Waals surface area contributed by atoms with Gasteiger partial charge in [0.05, 0.1) is 17.1 Å². The van der Waals surface area contributed by atoms with Gasteiger partial charge in [0.1, 0.15) is 5.75 Å². The lowest BCUT2D eigenvalue weighted by molar-refractivity contribution is 0.478. The van der Waals surface area contributed by atoms with Gasteiger partial charge in [-0.2, -0.15) is 0 Å². The lowest BCUT2D eigenvalue weighted by Gasteiger charge is -2.14. The number of hydrogen-bond donors (Lipinski definition) is 5. The van der Waals surface area contributed by atoms with Gasteiger partial charge in [0, 0.05) is 28.8 Å². The fourth-order valence-corrected chi connectivity index (χ4v) is 2.35. The summed E-state index contributed by atoms with van der Waals surface area (Å²) in [7, 11) is 0. The van der Waals surface area contributed by atoms with Crippen LogP contribution in [0.3, 0.4) is 0 Å². The van der Waals surface area contributed by atoms with Gasteiger partial charge in [0.2, 0.25) is 0 Å². The zero-order valence-corrected chi connectivity index (χ0v) is 13.5. The summed E-state index contributed by atoms with van der Waals surface area (Å²) in [5.74, 6) is 0.0714. The number of anilines is 6. The van der Waals surface area contributed by atoms with E-state index in [2.05, 4.69) is 22.3 Å². The van der Waals surface area contributed by atoms with E-state index in [0.29, 0.717) is 28.4 Å². The Morgan fingerprint density at radius 2 is 1.24 bits per heavy atom. The van der Waals surface area contributed by atoms with E-state index >= 15 is 0 Å². The molecule has 0 aliphatic carbocycles. The topological polar surface area (TPSA) is 109 Å². The van der Waals surface area contributed by atoms with E-state index in [9.17, 15) is 5.11 Å². The molecule has 6 nitrogen and oxygen atoms in total. The molecule has 0 atom stereocenters. The van der Waals surface area contributed by atoms with Crippen molar-refractivity contribution in [2.45, 2.75) is 0 Å². The van der Waals surface area contributed by atoms with E-state index in [4.69, 9.17) is 11.5 Å². The minimum Gasteiger partial charge on any atom is -0.506 e. The van der Waals surface area contributed by atoms with Crippen molar-refractivity contribution >= 4 is 46.5 Å². The predicted octanol–water partition coefficient (Wildman–Crippen LogP) is 4.38. The minimum absolute atomic E-state index is 0.0714. The third-order valence-corrected chi connectivity index (χ3v) is 3.66. The van der Waals surface area contributed by atoms with Crippen molar-refractivity contribution < 1.29 is 5.11 Å². The second-order valence-corrected chi connectivity index (χ2v) is 5.54. The van der Waals surface area contributed by atoms with Crippen LogP contribution in [0.25, 0.3) is 0 Å². The van der Waals surface area contributed by atoms with Crippen LogP contribution in [0.1, 0.15) is 0 Å². The highest BCUT2D eigenvalue weighted by molar-refractivity contribution is 5.82. The predicted molar refractivity (Wildman–Crippen MR) is 106 cm³/mol. The Labute approximate surface area is 145 Å². The highest BCUT2D eigenvalue weighted by atomic mass is 16.3. The molecule has 0 aliphatic rings. The lowest BCUT2D eigenvalue weighted by Crippen LogP contribution is -1.96. The maximum atomic E-state index is 10.2. The second-order valence-electron chi connectivity index (χ2n) is 5.54. The van der Waals surface area contributed by atoms with Crippen molar-refractivity contribution in [3.63, 3.8) is 0 Å². The van der Waals surface area contributed by atoms with Crippen LogP contribution in [0.15, 0.2) is 65.7 Å². The van der Waals surface area contributed by atoms with Crippen LogP contribution in [-0.4, -0.2) is 11.8 Å². The Balaban J connectivity index is 1.92. The standard InChI is InChI=1S/C19H19N5O/c1-22-16-11-19(25)18(24-15-8-4-13(21)5-9-15)10-17(16)23-14-6-2-12(20)3-7-14/h2-11,23-25H,1,20-21H2. The molecule has 0 amide bonds. The van der Waals surface area contributed by atoms with Gasteiger partial charge in [0.15, 0.2) is 0 Å². The molecule has 7 N–H and O–H groups in total. The number of phenolic OH excluding ortho intramolecular Hbond substituents is 1. The van der Waals surface area contributed by atoms with E-state index < -0.39 is 0 Å². The van der Waals surface area contributed by atoms with E-state index in [1.54, 1.807) is 36.4 Å². The number of benzene rings is 3. The maximum absolute atomic E-state index is 10.2. The van der Waals surface area contributed by atoms with Crippen molar-refractivity contribution in [3.05, 3.63) is 60.7 Å². The largest absolute Gasteiger partial charge is 0.506 e. The number of hydrogen-bond acceptors (Lipinski definition) is 6. The van der Waals surface area contributed by atoms with E-state index in [1.165, 1.54) is 0 Å². The summed E-state index contributed by atoms with van der Waals surface area (Å²) in [6, 6.07) is 17.9. The Kier molecular flexibility index (Phi) is 4.43. The molecule has 0 aromatic heterocycles. The zero-order valence-electron chi connectivity index (χ0n) is 13.5. The van der Waals surface area contributed by atoms with Gasteiger partial charge < -0.3 is 27.2 Å². The fraction of sp³-hybridized carbons (Fsp3) is 0. The summed E-state index contributed by atoms with van der Waals surface area (Å²) in [6.07, 6.45) is 0. The molecule has 0 heterocycles. The number of aromatic hydroxyl groups is 1. The third-order valence-electron chi connectivity index (χ3n) is 3.66. The normalized spacial score (nSPS) is 10.2. The number of rotatable bonds is 5. The first kappa shape index (κ1) is 16.2. The van der Waals surface area contributed by atoms with Gasteiger partial charge in [-0.3, -0.25) is 4.99 Å². The SMILES string of the molecule is C=Nc1cc(O)c(Nc2ccc(N)cc2)cc1Nc1ccc(N)cc1. The molecule has 126 valence electrons. The average molecular weight is 333 g/mol.